The van der Waals surface area contributed by atoms with Crippen LogP contribution in [0.2, 0.25) is 0 Å². The fraction of sp³-hybridized carbons (Fsp3) is 0.143. The Bertz CT molecular complexity index is 577. The van der Waals surface area contributed by atoms with Crippen molar-refractivity contribution in [2.24, 2.45) is 0 Å². The van der Waals surface area contributed by atoms with Crippen molar-refractivity contribution in [3.8, 4) is 11.1 Å². The molecule has 0 heterocycles. The van der Waals surface area contributed by atoms with E-state index >= 15 is 0 Å². The third kappa shape index (κ3) is 2.13. The SMILES string of the molecule is Cc1ccc(-c2cc(N)c(F)cc2C)c(F)c1. The fourth-order valence-corrected chi connectivity index (χ4v) is 1.82. The van der Waals surface area contributed by atoms with Crippen molar-refractivity contribution < 1.29 is 8.78 Å². The van der Waals surface area contributed by atoms with Crippen LogP contribution in [0.5, 0.6) is 0 Å². The molecule has 2 N–H and O–H groups in total. The molecule has 0 fully saturated rings. The van der Waals surface area contributed by atoms with Gasteiger partial charge in [0.05, 0.1) is 5.69 Å². The maximum Gasteiger partial charge on any atom is 0.146 e. The molecule has 0 atom stereocenters. The second-order valence-electron chi connectivity index (χ2n) is 4.17. The molecule has 0 amide bonds. The van der Waals surface area contributed by atoms with Gasteiger partial charge in [0, 0.05) is 5.56 Å². The first kappa shape index (κ1) is 11.6. The van der Waals surface area contributed by atoms with Crippen molar-refractivity contribution in [3.05, 3.63) is 53.1 Å². The standard InChI is InChI=1S/C14H13F2N/c1-8-3-4-10(12(15)5-8)11-7-14(17)13(16)6-9(11)2/h3-7H,17H2,1-2H3. The lowest BCUT2D eigenvalue weighted by Crippen LogP contribution is -1.95. The Labute approximate surface area is 98.9 Å². The molecule has 0 spiro atoms. The molecular formula is C14H13F2N. The van der Waals surface area contributed by atoms with Crippen LogP contribution in [0, 0.1) is 25.5 Å². The fourth-order valence-electron chi connectivity index (χ4n) is 1.82. The summed E-state index contributed by atoms with van der Waals surface area (Å²) in [6.45, 7) is 3.55. The quantitative estimate of drug-likeness (QED) is 0.744. The van der Waals surface area contributed by atoms with Crippen molar-refractivity contribution in [1.29, 1.82) is 0 Å². The summed E-state index contributed by atoms with van der Waals surface area (Å²) in [5.41, 5.74) is 8.13. The molecule has 2 aromatic carbocycles. The Morgan fingerprint density at radius 1 is 0.882 bits per heavy atom. The summed E-state index contributed by atoms with van der Waals surface area (Å²) < 4.78 is 27.0. The molecule has 3 heteroatoms. The van der Waals surface area contributed by atoms with E-state index in [1.807, 2.05) is 13.0 Å². The Morgan fingerprint density at radius 3 is 2.24 bits per heavy atom. The molecule has 0 saturated heterocycles. The third-order valence-corrected chi connectivity index (χ3v) is 2.76. The number of benzene rings is 2. The summed E-state index contributed by atoms with van der Waals surface area (Å²) in [6, 6.07) is 7.75. The molecule has 0 aromatic heterocycles. The highest BCUT2D eigenvalue weighted by Crippen LogP contribution is 2.29. The van der Waals surface area contributed by atoms with E-state index in [1.54, 1.807) is 13.0 Å². The van der Waals surface area contributed by atoms with Crippen LogP contribution >= 0.6 is 0 Å². The van der Waals surface area contributed by atoms with Gasteiger partial charge in [-0.25, -0.2) is 8.78 Å². The Kier molecular flexibility index (Phi) is 2.84. The van der Waals surface area contributed by atoms with Crippen LogP contribution in [0.1, 0.15) is 11.1 Å². The smallest absolute Gasteiger partial charge is 0.146 e. The molecule has 0 radical (unpaired) electrons. The van der Waals surface area contributed by atoms with Gasteiger partial charge in [-0.3, -0.25) is 0 Å². The largest absolute Gasteiger partial charge is 0.396 e. The van der Waals surface area contributed by atoms with Crippen LogP contribution in [0.15, 0.2) is 30.3 Å². The van der Waals surface area contributed by atoms with Gasteiger partial charge < -0.3 is 5.73 Å². The molecule has 0 unspecified atom stereocenters. The predicted octanol–water partition coefficient (Wildman–Crippen LogP) is 3.83. The third-order valence-electron chi connectivity index (χ3n) is 2.76. The van der Waals surface area contributed by atoms with Crippen LogP contribution in [0.3, 0.4) is 0 Å². The molecule has 0 aliphatic rings. The lowest BCUT2D eigenvalue weighted by Gasteiger charge is -2.09. The highest BCUT2D eigenvalue weighted by Gasteiger charge is 2.10. The van der Waals surface area contributed by atoms with Gasteiger partial charge in [-0.2, -0.15) is 0 Å². The van der Waals surface area contributed by atoms with E-state index in [2.05, 4.69) is 0 Å². The maximum absolute atomic E-state index is 13.8. The first-order valence-electron chi connectivity index (χ1n) is 5.31. The normalized spacial score (nSPS) is 10.6. The monoisotopic (exact) mass is 233 g/mol. The van der Waals surface area contributed by atoms with Crippen LogP contribution in [-0.4, -0.2) is 0 Å². The minimum atomic E-state index is -0.473. The zero-order chi connectivity index (χ0) is 12.6. The number of hydrogen-bond acceptors (Lipinski definition) is 1. The average Bonchev–Trinajstić information content (AvgIpc) is 2.24. The van der Waals surface area contributed by atoms with Gasteiger partial charge in [0.15, 0.2) is 0 Å². The van der Waals surface area contributed by atoms with Gasteiger partial charge in [-0.15, -0.1) is 0 Å². The van der Waals surface area contributed by atoms with Crippen molar-refractivity contribution in [3.63, 3.8) is 0 Å². The first-order valence-corrected chi connectivity index (χ1v) is 5.31. The van der Waals surface area contributed by atoms with Crippen LogP contribution in [0.4, 0.5) is 14.5 Å². The van der Waals surface area contributed by atoms with E-state index in [4.69, 9.17) is 5.73 Å². The molecule has 1 nitrogen and oxygen atoms in total. The number of anilines is 1. The Hall–Kier alpha value is -1.90. The highest BCUT2D eigenvalue weighted by molar-refractivity contribution is 5.71. The van der Waals surface area contributed by atoms with Crippen molar-refractivity contribution in [2.45, 2.75) is 13.8 Å². The second-order valence-corrected chi connectivity index (χ2v) is 4.17. The molecule has 2 aromatic rings. The van der Waals surface area contributed by atoms with E-state index in [1.165, 1.54) is 18.2 Å². The number of hydrogen-bond donors (Lipinski definition) is 1. The highest BCUT2D eigenvalue weighted by atomic mass is 19.1. The Balaban J connectivity index is 2.64. The molecule has 0 aliphatic carbocycles. The topological polar surface area (TPSA) is 26.0 Å². The van der Waals surface area contributed by atoms with Gasteiger partial charge in [-0.05, 0) is 48.7 Å². The number of rotatable bonds is 1. The second kappa shape index (κ2) is 4.17. The van der Waals surface area contributed by atoms with Gasteiger partial charge >= 0.3 is 0 Å². The number of nitrogens with two attached hydrogens (primary N) is 1. The lowest BCUT2D eigenvalue weighted by atomic mass is 9.98. The molecule has 17 heavy (non-hydrogen) atoms. The van der Waals surface area contributed by atoms with E-state index in [9.17, 15) is 8.78 Å². The summed E-state index contributed by atoms with van der Waals surface area (Å²) in [5.74, 6) is -0.794. The summed E-state index contributed by atoms with van der Waals surface area (Å²) >= 11 is 0. The molecule has 0 aliphatic heterocycles. The van der Waals surface area contributed by atoms with E-state index < -0.39 is 5.82 Å². The number of halogens is 2. The van der Waals surface area contributed by atoms with E-state index in [-0.39, 0.29) is 11.5 Å². The van der Waals surface area contributed by atoms with Gasteiger partial charge in [-0.1, -0.05) is 12.1 Å². The number of aryl methyl sites for hydroxylation is 2. The van der Waals surface area contributed by atoms with Gasteiger partial charge in [0.25, 0.3) is 0 Å². The first-order chi connectivity index (χ1) is 7.99. The predicted molar refractivity (Wildman–Crippen MR) is 65.7 cm³/mol. The zero-order valence-corrected chi connectivity index (χ0v) is 9.72. The van der Waals surface area contributed by atoms with E-state index in [0.29, 0.717) is 16.7 Å². The summed E-state index contributed by atoms with van der Waals surface area (Å²) in [6.07, 6.45) is 0. The number of nitrogen functional groups attached to an aromatic ring is 1. The lowest BCUT2D eigenvalue weighted by molar-refractivity contribution is 0.627. The molecular weight excluding hydrogens is 220 g/mol. The van der Waals surface area contributed by atoms with Crippen molar-refractivity contribution in [2.75, 3.05) is 5.73 Å². The van der Waals surface area contributed by atoms with Crippen LogP contribution in [-0.2, 0) is 0 Å². The maximum atomic E-state index is 13.8. The minimum absolute atomic E-state index is 0.0329. The van der Waals surface area contributed by atoms with Crippen LogP contribution < -0.4 is 5.73 Å². The van der Waals surface area contributed by atoms with E-state index in [0.717, 1.165) is 5.56 Å². The minimum Gasteiger partial charge on any atom is -0.396 e. The molecule has 0 bridgehead atoms. The zero-order valence-electron chi connectivity index (χ0n) is 9.72. The van der Waals surface area contributed by atoms with Crippen molar-refractivity contribution >= 4 is 5.69 Å². The summed E-state index contributed by atoms with van der Waals surface area (Å²) in [5, 5.41) is 0. The van der Waals surface area contributed by atoms with Crippen LogP contribution in [0.25, 0.3) is 11.1 Å². The van der Waals surface area contributed by atoms with Gasteiger partial charge in [0.2, 0.25) is 0 Å². The summed E-state index contributed by atoms with van der Waals surface area (Å²) in [7, 11) is 0. The molecule has 0 saturated carbocycles. The molecule has 2 rings (SSSR count). The average molecular weight is 233 g/mol. The summed E-state index contributed by atoms with van der Waals surface area (Å²) in [4.78, 5) is 0. The van der Waals surface area contributed by atoms with Crippen molar-refractivity contribution in [1.82, 2.24) is 0 Å². The molecule has 88 valence electrons. The Morgan fingerprint density at radius 2 is 1.59 bits per heavy atom. The van der Waals surface area contributed by atoms with Gasteiger partial charge in [0.1, 0.15) is 11.6 Å².